The molecule has 0 bridgehead atoms. The Morgan fingerprint density at radius 2 is 1.89 bits per heavy atom. The first-order chi connectivity index (χ1) is 9.11. The van der Waals surface area contributed by atoms with Gasteiger partial charge in [0.25, 0.3) is 0 Å². The number of rotatable bonds is 5. The number of benzene rings is 1. The van der Waals surface area contributed by atoms with Crippen LogP contribution in [-0.2, 0) is 6.54 Å². The van der Waals surface area contributed by atoms with Gasteiger partial charge in [-0.2, -0.15) is 0 Å². The van der Waals surface area contributed by atoms with Gasteiger partial charge in [-0.15, -0.1) is 0 Å². The van der Waals surface area contributed by atoms with E-state index in [0.717, 1.165) is 19.1 Å². The minimum absolute atomic E-state index is 0.722. The van der Waals surface area contributed by atoms with E-state index in [0.29, 0.717) is 0 Å². The topological polar surface area (TPSA) is 15.3 Å². The molecule has 1 heterocycles. The van der Waals surface area contributed by atoms with Crippen molar-refractivity contribution >= 4 is 0 Å². The molecule has 1 unspecified atom stereocenters. The molecule has 1 aromatic carbocycles. The van der Waals surface area contributed by atoms with Crippen LogP contribution in [0.1, 0.15) is 42.0 Å². The van der Waals surface area contributed by atoms with Crippen LogP contribution in [-0.4, -0.2) is 30.6 Å². The Bertz CT molecular complexity index is 396. The van der Waals surface area contributed by atoms with Crippen molar-refractivity contribution in [2.24, 2.45) is 0 Å². The van der Waals surface area contributed by atoms with Crippen LogP contribution in [0.4, 0.5) is 0 Å². The van der Waals surface area contributed by atoms with E-state index in [1.165, 1.54) is 48.2 Å². The van der Waals surface area contributed by atoms with Crippen LogP contribution in [0.25, 0.3) is 0 Å². The van der Waals surface area contributed by atoms with Crippen LogP contribution in [0.5, 0.6) is 0 Å². The zero-order chi connectivity index (χ0) is 13.8. The van der Waals surface area contributed by atoms with E-state index in [9.17, 15) is 0 Å². The molecule has 1 aliphatic rings. The molecule has 1 atom stereocenters. The summed E-state index contributed by atoms with van der Waals surface area (Å²) in [6.07, 6.45) is 2.53. The number of hydrogen-bond acceptors (Lipinski definition) is 2. The largest absolute Gasteiger partial charge is 0.315 e. The molecule has 0 aliphatic carbocycles. The standard InChI is InChI=1S/C17H28N2/c1-5-8-19(16-6-7-18-11-16)12-17-14(3)9-13(2)10-15(17)4/h9-10,16,18H,5-8,11-12H2,1-4H3. The maximum atomic E-state index is 3.49. The molecule has 0 spiro atoms. The summed E-state index contributed by atoms with van der Waals surface area (Å²) < 4.78 is 0. The Morgan fingerprint density at radius 3 is 2.42 bits per heavy atom. The summed E-state index contributed by atoms with van der Waals surface area (Å²) in [5.74, 6) is 0. The van der Waals surface area contributed by atoms with Gasteiger partial charge < -0.3 is 5.32 Å². The Labute approximate surface area is 118 Å². The van der Waals surface area contributed by atoms with Crippen molar-refractivity contribution in [3.8, 4) is 0 Å². The monoisotopic (exact) mass is 260 g/mol. The van der Waals surface area contributed by atoms with Gasteiger partial charge in [0.15, 0.2) is 0 Å². The Hall–Kier alpha value is -0.860. The summed E-state index contributed by atoms with van der Waals surface area (Å²) in [6.45, 7) is 13.6. The van der Waals surface area contributed by atoms with Crippen molar-refractivity contribution in [2.45, 2.75) is 53.1 Å². The van der Waals surface area contributed by atoms with Crippen molar-refractivity contribution in [3.63, 3.8) is 0 Å². The zero-order valence-corrected chi connectivity index (χ0v) is 12.9. The highest BCUT2D eigenvalue weighted by Gasteiger charge is 2.22. The fraction of sp³-hybridized carbons (Fsp3) is 0.647. The van der Waals surface area contributed by atoms with Gasteiger partial charge in [-0.1, -0.05) is 24.6 Å². The predicted octanol–water partition coefficient (Wildman–Crippen LogP) is 3.19. The molecule has 0 aromatic heterocycles. The molecule has 1 aromatic rings. The maximum absolute atomic E-state index is 3.49. The average Bonchev–Trinajstić information content (AvgIpc) is 2.85. The zero-order valence-electron chi connectivity index (χ0n) is 12.9. The Morgan fingerprint density at radius 1 is 1.21 bits per heavy atom. The molecular weight excluding hydrogens is 232 g/mol. The van der Waals surface area contributed by atoms with Crippen molar-refractivity contribution in [1.82, 2.24) is 10.2 Å². The van der Waals surface area contributed by atoms with Gasteiger partial charge in [-0.25, -0.2) is 0 Å². The molecule has 2 nitrogen and oxygen atoms in total. The fourth-order valence-electron chi connectivity index (χ4n) is 3.29. The average molecular weight is 260 g/mol. The summed E-state index contributed by atoms with van der Waals surface area (Å²) in [5.41, 5.74) is 5.81. The van der Waals surface area contributed by atoms with Gasteiger partial charge in [0.1, 0.15) is 0 Å². The molecule has 2 rings (SSSR count). The number of nitrogens with one attached hydrogen (secondary N) is 1. The van der Waals surface area contributed by atoms with Gasteiger partial charge in [-0.05, 0) is 63.4 Å². The normalized spacial score (nSPS) is 19.3. The molecule has 106 valence electrons. The van der Waals surface area contributed by atoms with Crippen molar-refractivity contribution < 1.29 is 0 Å². The van der Waals surface area contributed by atoms with E-state index in [2.05, 4.69) is 50.0 Å². The molecule has 19 heavy (non-hydrogen) atoms. The van der Waals surface area contributed by atoms with E-state index < -0.39 is 0 Å². The van der Waals surface area contributed by atoms with Crippen LogP contribution in [0.2, 0.25) is 0 Å². The van der Waals surface area contributed by atoms with Crippen LogP contribution < -0.4 is 5.32 Å². The minimum atomic E-state index is 0.722. The van der Waals surface area contributed by atoms with Crippen LogP contribution in [0, 0.1) is 20.8 Å². The van der Waals surface area contributed by atoms with Crippen molar-refractivity contribution in [1.29, 1.82) is 0 Å². The summed E-state index contributed by atoms with van der Waals surface area (Å²) in [4.78, 5) is 2.67. The predicted molar refractivity (Wildman–Crippen MR) is 82.6 cm³/mol. The Balaban J connectivity index is 2.16. The van der Waals surface area contributed by atoms with Gasteiger partial charge in [-0.3, -0.25) is 4.90 Å². The van der Waals surface area contributed by atoms with E-state index in [-0.39, 0.29) is 0 Å². The van der Waals surface area contributed by atoms with Crippen molar-refractivity contribution in [3.05, 3.63) is 34.4 Å². The van der Waals surface area contributed by atoms with Gasteiger partial charge in [0.2, 0.25) is 0 Å². The van der Waals surface area contributed by atoms with Gasteiger partial charge in [0.05, 0.1) is 0 Å². The first-order valence-corrected chi connectivity index (χ1v) is 7.63. The third kappa shape index (κ3) is 3.58. The number of hydrogen-bond donors (Lipinski definition) is 1. The summed E-state index contributed by atoms with van der Waals surface area (Å²) >= 11 is 0. The molecule has 2 heteroatoms. The molecule has 1 fully saturated rings. The van der Waals surface area contributed by atoms with Gasteiger partial charge in [0, 0.05) is 19.1 Å². The molecule has 1 N–H and O–H groups in total. The van der Waals surface area contributed by atoms with E-state index in [1.54, 1.807) is 0 Å². The smallest absolute Gasteiger partial charge is 0.0242 e. The second-order valence-corrected chi connectivity index (χ2v) is 5.99. The number of aryl methyl sites for hydroxylation is 3. The van der Waals surface area contributed by atoms with E-state index >= 15 is 0 Å². The minimum Gasteiger partial charge on any atom is -0.315 e. The lowest BCUT2D eigenvalue weighted by atomic mass is 9.98. The third-order valence-electron chi connectivity index (χ3n) is 4.26. The lowest BCUT2D eigenvalue weighted by Gasteiger charge is -2.29. The molecule has 1 saturated heterocycles. The highest BCUT2D eigenvalue weighted by atomic mass is 15.2. The highest BCUT2D eigenvalue weighted by Crippen LogP contribution is 2.21. The first kappa shape index (κ1) is 14.5. The molecule has 0 radical (unpaired) electrons. The van der Waals surface area contributed by atoms with Crippen LogP contribution >= 0.6 is 0 Å². The lowest BCUT2D eigenvalue weighted by molar-refractivity contribution is 0.199. The number of nitrogens with zero attached hydrogens (tertiary/aromatic N) is 1. The maximum Gasteiger partial charge on any atom is 0.0242 e. The second-order valence-electron chi connectivity index (χ2n) is 5.99. The molecule has 0 amide bonds. The summed E-state index contributed by atoms with van der Waals surface area (Å²) in [6, 6.07) is 5.36. The third-order valence-corrected chi connectivity index (χ3v) is 4.26. The Kier molecular flexibility index (Phi) is 5.00. The lowest BCUT2D eigenvalue weighted by Crippen LogP contribution is -2.37. The molecule has 1 aliphatic heterocycles. The van der Waals surface area contributed by atoms with Crippen molar-refractivity contribution in [2.75, 3.05) is 19.6 Å². The van der Waals surface area contributed by atoms with E-state index in [4.69, 9.17) is 0 Å². The summed E-state index contributed by atoms with van der Waals surface area (Å²) in [5, 5.41) is 3.49. The molecular formula is C17H28N2. The van der Waals surface area contributed by atoms with Crippen LogP contribution in [0.3, 0.4) is 0 Å². The first-order valence-electron chi connectivity index (χ1n) is 7.63. The van der Waals surface area contributed by atoms with Crippen LogP contribution in [0.15, 0.2) is 12.1 Å². The van der Waals surface area contributed by atoms with E-state index in [1.807, 2.05) is 0 Å². The van der Waals surface area contributed by atoms with Gasteiger partial charge >= 0.3 is 0 Å². The summed E-state index contributed by atoms with van der Waals surface area (Å²) in [7, 11) is 0. The SMILES string of the molecule is CCCN(Cc1c(C)cc(C)cc1C)C1CCNC1. The quantitative estimate of drug-likeness (QED) is 0.874. The fourth-order valence-corrected chi connectivity index (χ4v) is 3.29. The highest BCUT2D eigenvalue weighted by molar-refractivity contribution is 5.37. The second kappa shape index (κ2) is 6.53. The molecule has 0 saturated carbocycles.